The standard InChI is InChI=1S/C9H10BrCl2NOS/c1-2-3-13-9(14)7(11)6-4-5(10)8(12)15-6/h4,7H,2-3H2,1H3,(H,13,14). The number of hydrogen-bond acceptors (Lipinski definition) is 2. The zero-order valence-electron chi connectivity index (χ0n) is 8.02. The molecule has 1 unspecified atom stereocenters. The van der Waals surface area contributed by atoms with Gasteiger partial charge in [0.15, 0.2) is 0 Å². The molecule has 0 aliphatic heterocycles. The molecule has 1 amide bonds. The number of carbonyl (C=O) groups excluding carboxylic acids is 1. The molecular weight excluding hydrogens is 321 g/mol. The third-order valence-corrected chi connectivity index (χ3v) is 4.80. The Bertz CT molecular complexity index is 336. The average Bonchev–Trinajstić information content (AvgIpc) is 2.54. The molecule has 2 nitrogen and oxygen atoms in total. The van der Waals surface area contributed by atoms with Crippen LogP contribution in [0, 0.1) is 0 Å². The predicted octanol–water partition coefficient (Wildman–Crippen LogP) is 3.97. The molecule has 0 saturated heterocycles. The van der Waals surface area contributed by atoms with Gasteiger partial charge in [0.05, 0.1) is 0 Å². The molecule has 0 aliphatic carbocycles. The summed E-state index contributed by atoms with van der Waals surface area (Å²) in [5.41, 5.74) is 0. The van der Waals surface area contributed by atoms with Gasteiger partial charge < -0.3 is 5.32 Å². The maximum absolute atomic E-state index is 11.5. The van der Waals surface area contributed by atoms with E-state index in [1.807, 2.05) is 6.92 Å². The van der Waals surface area contributed by atoms with Crippen molar-refractivity contribution in [3.05, 3.63) is 19.8 Å². The fourth-order valence-corrected chi connectivity index (χ4v) is 2.94. The van der Waals surface area contributed by atoms with Crippen LogP contribution in [-0.2, 0) is 4.79 Å². The maximum Gasteiger partial charge on any atom is 0.243 e. The van der Waals surface area contributed by atoms with Gasteiger partial charge in [0.2, 0.25) is 5.91 Å². The van der Waals surface area contributed by atoms with Crippen LogP contribution in [0.4, 0.5) is 0 Å². The van der Waals surface area contributed by atoms with Gasteiger partial charge in [0.1, 0.15) is 9.71 Å². The lowest BCUT2D eigenvalue weighted by Crippen LogP contribution is -2.27. The maximum atomic E-state index is 11.5. The number of rotatable bonds is 4. The first-order valence-electron chi connectivity index (χ1n) is 4.42. The molecule has 84 valence electrons. The van der Waals surface area contributed by atoms with Gasteiger partial charge in [-0.25, -0.2) is 0 Å². The summed E-state index contributed by atoms with van der Waals surface area (Å²) in [7, 11) is 0. The SMILES string of the molecule is CCCNC(=O)C(Cl)c1cc(Br)c(Cl)s1. The van der Waals surface area contributed by atoms with Crippen molar-refractivity contribution in [2.75, 3.05) is 6.54 Å². The highest BCUT2D eigenvalue weighted by Gasteiger charge is 2.20. The summed E-state index contributed by atoms with van der Waals surface area (Å²) < 4.78 is 1.39. The Kier molecular flexibility index (Phi) is 5.39. The fourth-order valence-electron chi connectivity index (χ4n) is 0.955. The second kappa shape index (κ2) is 6.09. The van der Waals surface area contributed by atoms with Crippen LogP contribution in [0.1, 0.15) is 23.6 Å². The zero-order chi connectivity index (χ0) is 11.4. The highest BCUT2D eigenvalue weighted by atomic mass is 79.9. The minimum Gasteiger partial charge on any atom is -0.355 e. The molecule has 1 aromatic heterocycles. The normalized spacial score (nSPS) is 12.5. The van der Waals surface area contributed by atoms with E-state index in [1.54, 1.807) is 6.07 Å². The van der Waals surface area contributed by atoms with Gasteiger partial charge in [-0.05, 0) is 28.4 Å². The molecule has 15 heavy (non-hydrogen) atoms. The Morgan fingerprint density at radius 3 is 2.87 bits per heavy atom. The molecule has 0 fully saturated rings. The van der Waals surface area contributed by atoms with Gasteiger partial charge in [0, 0.05) is 15.9 Å². The van der Waals surface area contributed by atoms with Crippen molar-refractivity contribution < 1.29 is 4.79 Å². The molecule has 0 radical (unpaired) electrons. The Hall–Kier alpha value is 0.230. The van der Waals surface area contributed by atoms with Crippen LogP contribution in [0.5, 0.6) is 0 Å². The summed E-state index contributed by atoms with van der Waals surface area (Å²) in [6, 6.07) is 1.77. The third-order valence-electron chi connectivity index (χ3n) is 1.69. The van der Waals surface area contributed by atoms with Crippen LogP contribution < -0.4 is 5.32 Å². The molecule has 0 bridgehead atoms. The Morgan fingerprint density at radius 2 is 2.40 bits per heavy atom. The molecule has 0 aliphatic rings. The van der Waals surface area contributed by atoms with Gasteiger partial charge >= 0.3 is 0 Å². The lowest BCUT2D eigenvalue weighted by atomic mass is 10.3. The van der Waals surface area contributed by atoms with E-state index in [4.69, 9.17) is 23.2 Å². The third kappa shape index (κ3) is 3.63. The van der Waals surface area contributed by atoms with E-state index < -0.39 is 5.38 Å². The highest BCUT2D eigenvalue weighted by molar-refractivity contribution is 9.10. The van der Waals surface area contributed by atoms with E-state index in [2.05, 4.69) is 21.2 Å². The number of halogens is 3. The summed E-state index contributed by atoms with van der Waals surface area (Å²) in [6.45, 7) is 2.63. The monoisotopic (exact) mass is 329 g/mol. The lowest BCUT2D eigenvalue weighted by Gasteiger charge is -2.07. The molecule has 6 heteroatoms. The van der Waals surface area contributed by atoms with Crippen LogP contribution in [0.2, 0.25) is 4.34 Å². The predicted molar refractivity (Wildman–Crippen MR) is 68.9 cm³/mol. The van der Waals surface area contributed by atoms with Crippen LogP contribution in [0.25, 0.3) is 0 Å². The number of nitrogens with one attached hydrogen (secondary N) is 1. The van der Waals surface area contributed by atoms with Crippen LogP contribution >= 0.6 is 50.5 Å². The van der Waals surface area contributed by atoms with E-state index in [0.29, 0.717) is 10.9 Å². The molecular formula is C9H10BrCl2NOS. The van der Waals surface area contributed by atoms with Crippen molar-refractivity contribution in [3.63, 3.8) is 0 Å². The first-order valence-corrected chi connectivity index (χ1v) is 6.85. The van der Waals surface area contributed by atoms with Gasteiger partial charge in [-0.15, -0.1) is 22.9 Å². The fraction of sp³-hybridized carbons (Fsp3) is 0.444. The zero-order valence-corrected chi connectivity index (χ0v) is 11.9. The van der Waals surface area contributed by atoms with Gasteiger partial charge in [-0.2, -0.15) is 0 Å². The molecule has 0 aromatic carbocycles. The van der Waals surface area contributed by atoms with E-state index in [9.17, 15) is 4.79 Å². The van der Waals surface area contributed by atoms with Gasteiger partial charge in [-0.1, -0.05) is 18.5 Å². The molecule has 1 heterocycles. The largest absolute Gasteiger partial charge is 0.355 e. The van der Waals surface area contributed by atoms with Crippen molar-refractivity contribution in [2.45, 2.75) is 18.7 Å². The lowest BCUT2D eigenvalue weighted by molar-refractivity contribution is -0.120. The molecule has 1 atom stereocenters. The molecule has 0 saturated carbocycles. The topological polar surface area (TPSA) is 29.1 Å². The Balaban J connectivity index is 2.67. The average molecular weight is 331 g/mol. The molecule has 1 aromatic rings. The number of alkyl halides is 1. The summed E-state index contributed by atoms with van der Waals surface area (Å²) in [5.74, 6) is -0.177. The second-order valence-electron chi connectivity index (χ2n) is 2.92. The smallest absolute Gasteiger partial charge is 0.243 e. The molecule has 1 rings (SSSR count). The first-order chi connectivity index (χ1) is 7.06. The summed E-state index contributed by atoms with van der Waals surface area (Å²) in [4.78, 5) is 12.3. The first kappa shape index (κ1) is 13.3. The minimum atomic E-state index is -0.662. The van der Waals surface area contributed by atoms with E-state index in [1.165, 1.54) is 11.3 Å². The van der Waals surface area contributed by atoms with Gasteiger partial charge in [0.25, 0.3) is 0 Å². The van der Waals surface area contributed by atoms with Gasteiger partial charge in [-0.3, -0.25) is 4.79 Å². The van der Waals surface area contributed by atoms with Crippen molar-refractivity contribution in [1.82, 2.24) is 5.32 Å². The van der Waals surface area contributed by atoms with Crippen LogP contribution in [0.15, 0.2) is 10.5 Å². The van der Waals surface area contributed by atoms with E-state index >= 15 is 0 Å². The van der Waals surface area contributed by atoms with Crippen molar-refractivity contribution >= 4 is 56.4 Å². The van der Waals surface area contributed by atoms with Crippen LogP contribution in [-0.4, -0.2) is 12.5 Å². The minimum absolute atomic E-state index is 0.177. The Morgan fingerprint density at radius 1 is 1.73 bits per heavy atom. The van der Waals surface area contributed by atoms with E-state index in [-0.39, 0.29) is 5.91 Å². The number of amides is 1. The quantitative estimate of drug-likeness (QED) is 0.831. The Labute approximate surface area is 111 Å². The summed E-state index contributed by atoms with van der Waals surface area (Å²) in [5, 5.41) is 2.07. The second-order valence-corrected chi connectivity index (χ2v) is 5.90. The van der Waals surface area contributed by atoms with E-state index in [0.717, 1.165) is 15.8 Å². The van der Waals surface area contributed by atoms with Crippen molar-refractivity contribution in [1.29, 1.82) is 0 Å². The molecule has 0 spiro atoms. The highest BCUT2D eigenvalue weighted by Crippen LogP contribution is 2.37. The number of thiophene rings is 1. The number of carbonyl (C=O) groups is 1. The summed E-state index contributed by atoms with van der Waals surface area (Å²) in [6.07, 6.45) is 0.893. The molecule has 1 N–H and O–H groups in total. The van der Waals surface area contributed by atoms with Crippen molar-refractivity contribution in [3.8, 4) is 0 Å². The van der Waals surface area contributed by atoms with Crippen molar-refractivity contribution in [2.24, 2.45) is 0 Å². The summed E-state index contributed by atoms with van der Waals surface area (Å²) >= 11 is 16.4. The number of hydrogen-bond donors (Lipinski definition) is 1. The van der Waals surface area contributed by atoms with Crippen LogP contribution in [0.3, 0.4) is 0 Å².